The first-order chi connectivity index (χ1) is 14.0. The van der Waals surface area contributed by atoms with Gasteiger partial charge in [0.15, 0.2) is 11.5 Å². The number of ether oxygens (including phenoxy) is 3. The third kappa shape index (κ3) is 3.97. The van der Waals surface area contributed by atoms with Crippen LogP contribution in [0.25, 0.3) is 0 Å². The number of fused-ring (bicyclic) bond motifs is 2. The smallest absolute Gasteiger partial charge is 0.324 e. The van der Waals surface area contributed by atoms with E-state index in [4.69, 9.17) is 14.2 Å². The Kier molecular flexibility index (Phi) is 6.01. The molecule has 8 heteroatoms. The van der Waals surface area contributed by atoms with Crippen LogP contribution >= 0.6 is 0 Å². The summed E-state index contributed by atoms with van der Waals surface area (Å²) in [4.78, 5) is 12.9. The lowest BCUT2D eigenvalue weighted by Crippen LogP contribution is -2.46. The summed E-state index contributed by atoms with van der Waals surface area (Å²) >= 11 is 0. The Balaban J connectivity index is 1.65. The van der Waals surface area contributed by atoms with Crippen molar-refractivity contribution in [3.8, 4) is 11.5 Å². The fourth-order valence-corrected chi connectivity index (χ4v) is 6.57. The lowest BCUT2D eigenvalue weighted by atomic mass is 9.85. The number of rotatable bonds is 6. The van der Waals surface area contributed by atoms with E-state index in [1.165, 1.54) is 10.4 Å². The predicted octanol–water partition coefficient (Wildman–Crippen LogP) is 3.12. The number of carbonyl (C=O) groups is 1. The predicted molar refractivity (Wildman–Crippen MR) is 106 cm³/mol. The normalized spacial score (nSPS) is 26.7. The maximum Gasteiger partial charge on any atom is 0.324 e. The van der Waals surface area contributed by atoms with Crippen LogP contribution in [0.4, 0.5) is 0 Å². The van der Waals surface area contributed by atoms with Gasteiger partial charge in [0.2, 0.25) is 10.0 Å². The van der Waals surface area contributed by atoms with Gasteiger partial charge in [-0.25, -0.2) is 8.42 Å². The number of hydrogen-bond donors (Lipinski definition) is 0. The van der Waals surface area contributed by atoms with Gasteiger partial charge in [-0.3, -0.25) is 4.79 Å². The van der Waals surface area contributed by atoms with Crippen molar-refractivity contribution in [3.63, 3.8) is 0 Å². The van der Waals surface area contributed by atoms with Crippen molar-refractivity contribution in [3.05, 3.63) is 18.2 Å². The summed E-state index contributed by atoms with van der Waals surface area (Å²) in [6, 6.07) is 3.78. The van der Waals surface area contributed by atoms with Crippen LogP contribution in [0.5, 0.6) is 11.5 Å². The number of carbonyl (C=O) groups excluding carboxylic acids is 1. The lowest BCUT2D eigenvalue weighted by Gasteiger charge is -2.32. The summed E-state index contributed by atoms with van der Waals surface area (Å²) in [6.07, 6.45) is 6.04. The van der Waals surface area contributed by atoms with Crippen LogP contribution in [0.15, 0.2) is 23.1 Å². The van der Waals surface area contributed by atoms with Crippen LogP contribution in [-0.4, -0.2) is 50.6 Å². The molecule has 0 amide bonds. The number of esters is 1. The standard InChI is InChI=1S/C21H29NO6S/c1-2-3-10-28-21(23)18-13-15-6-4-5-7-17(15)22(18)29(24,25)16-8-9-19-20(14-16)27-12-11-26-19/h8-9,14-15,17-18H,2-7,10-13H2,1H3. The van der Waals surface area contributed by atoms with E-state index >= 15 is 0 Å². The molecule has 3 aliphatic rings. The highest BCUT2D eigenvalue weighted by Crippen LogP contribution is 2.44. The molecule has 1 aliphatic carbocycles. The Hall–Kier alpha value is -1.80. The molecule has 3 atom stereocenters. The zero-order valence-electron chi connectivity index (χ0n) is 16.8. The quantitative estimate of drug-likeness (QED) is 0.516. The highest BCUT2D eigenvalue weighted by molar-refractivity contribution is 7.89. The molecule has 7 nitrogen and oxygen atoms in total. The summed E-state index contributed by atoms with van der Waals surface area (Å²) in [5.41, 5.74) is 0. The van der Waals surface area contributed by atoms with Gasteiger partial charge in [-0.15, -0.1) is 0 Å². The van der Waals surface area contributed by atoms with Crippen molar-refractivity contribution in [2.75, 3.05) is 19.8 Å². The molecular weight excluding hydrogens is 394 g/mol. The van der Waals surface area contributed by atoms with E-state index in [-0.39, 0.29) is 16.9 Å². The van der Waals surface area contributed by atoms with Crippen molar-refractivity contribution >= 4 is 16.0 Å². The molecule has 2 heterocycles. The van der Waals surface area contributed by atoms with Crippen LogP contribution in [0.1, 0.15) is 51.9 Å². The van der Waals surface area contributed by atoms with Gasteiger partial charge < -0.3 is 14.2 Å². The van der Waals surface area contributed by atoms with Gasteiger partial charge in [0, 0.05) is 12.1 Å². The van der Waals surface area contributed by atoms with Gasteiger partial charge in [0.25, 0.3) is 0 Å². The molecule has 4 rings (SSSR count). The summed E-state index contributed by atoms with van der Waals surface area (Å²) in [6.45, 7) is 3.19. The van der Waals surface area contributed by atoms with E-state index in [9.17, 15) is 13.2 Å². The van der Waals surface area contributed by atoms with Gasteiger partial charge >= 0.3 is 5.97 Å². The molecule has 29 heavy (non-hydrogen) atoms. The number of sulfonamides is 1. The zero-order chi connectivity index (χ0) is 20.4. The Morgan fingerprint density at radius 1 is 1.17 bits per heavy atom. The van der Waals surface area contributed by atoms with Crippen LogP contribution in [0.3, 0.4) is 0 Å². The van der Waals surface area contributed by atoms with Crippen molar-refractivity contribution in [2.24, 2.45) is 5.92 Å². The minimum absolute atomic E-state index is 0.138. The average molecular weight is 424 g/mol. The monoisotopic (exact) mass is 423 g/mol. The summed E-state index contributed by atoms with van der Waals surface area (Å²) in [7, 11) is -3.87. The van der Waals surface area contributed by atoms with Gasteiger partial charge in [-0.1, -0.05) is 26.2 Å². The van der Waals surface area contributed by atoms with Crippen LogP contribution in [0.2, 0.25) is 0 Å². The van der Waals surface area contributed by atoms with E-state index in [0.29, 0.717) is 37.7 Å². The first-order valence-corrected chi connectivity index (χ1v) is 12.1. The van der Waals surface area contributed by atoms with Crippen molar-refractivity contribution in [2.45, 2.75) is 68.8 Å². The molecule has 0 radical (unpaired) electrons. The second-order valence-corrected chi connectivity index (χ2v) is 9.87. The highest BCUT2D eigenvalue weighted by Gasteiger charge is 2.51. The van der Waals surface area contributed by atoms with E-state index < -0.39 is 22.0 Å². The van der Waals surface area contributed by atoms with Gasteiger partial charge in [0.1, 0.15) is 19.3 Å². The molecule has 1 saturated carbocycles. The number of benzene rings is 1. The molecule has 1 saturated heterocycles. The maximum atomic E-state index is 13.6. The van der Waals surface area contributed by atoms with Crippen molar-refractivity contribution in [1.29, 1.82) is 0 Å². The fraction of sp³-hybridized carbons (Fsp3) is 0.667. The summed E-state index contributed by atoms with van der Waals surface area (Å²) in [5.74, 6) is 0.759. The fourth-order valence-electron chi connectivity index (χ4n) is 4.68. The number of nitrogens with zero attached hydrogens (tertiary/aromatic N) is 1. The molecule has 1 aromatic rings. The maximum absolute atomic E-state index is 13.6. The van der Waals surface area contributed by atoms with Crippen LogP contribution < -0.4 is 9.47 Å². The molecule has 0 aromatic heterocycles. The molecule has 0 N–H and O–H groups in total. The van der Waals surface area contributed by atoms with Gasteiger partial charge in [-0.05, 0) is 43.7 Å². The summed E-state index contributed by atoms with van der Waals surface area (Å²) in [5, 5.41) is 0. The zero-order valence-corrected chi connectivity index (χ0v) is 17.7. The van der Waals surface area contributed by atoms with Crippen LogP contribution in [0, 0.1) is 5.92 Å². The Labute approximate surface area is 172 Å². The van der Waals surface area contributed by atoms with Gasteiger partial charge in [0.05, 0.1) is 11.5 Å². The van der Waals surface area contributed by atoms with Crippen molar-refractivity contribution < 1.29 is 27.4 Å². The molecule has 0 bridgehead atoms. The average Bonchev–Trinajstić information content (AvgIpc) is 3.14. The van der Waals surface area contributed by atoms with Crippen molar-refractivity contribution in [1.82, 2.24) is 4.31 Å². The van der Waals surface area contributed by atoms with Gasteiger partial charge in [-0.2, -0.15) is 4.31 Å². The lowest BCUT2D eigenvalue weighted by molar-refractivity contribution is -0.147. The third-order valence-electron chi connectivity index (χ3n) is 6.13. The number of hydrogen-bond acceptors (Lipinski definition) is 6. The van der Waals surface area contributed by atoms with E-state index in [2.05, 4.69) is 0 Å². The molecule has 160 valence electrons. The minimum atomic E-state index is -3.87. The minimum Gasteiger partial charge on any atom is -0.486 e. The third-order valence-corrected chi connectivity index (χ3v) is 8.06. The number of unbranched alkanes of at least 4 members (excludes halogenated alkanes) is 1. The van der Waals surface area contributed by atoms with E-state index in [1.54, 1.807) is 12.1 Å². The molecular formula is C21H29NO6S. The Morgan fingerprint density at radius 3 is 2.72 bits per heavy atom. The second-order valence-electron chi connectivity index (χ2n) is 8.02. The van der Waals surface area contributed by atoms with Crippen LogP contribution in [-0.2, 0) is 19.6 Å². The van der Waals surface area contributed by atoms with E-state index in [0.717, 1.165) is 38.5 Å². The molecule has 0 spiro atoms. The Morgan fingerprint density at radius 2 is 1.93 bits per heavy atom. The molecule has 2 aliphatic heterocycles. The Bertz CT molecular complexity index is 855. The highest BCUT2D eigenvalue weighted by atomic mass is 32.2. The first-order valence-electron chi connectivity index (χ1n) is 10.6. The second kappa shape index (κ2) is 8.52. The molecule has 1 aromatic carbocycles. The summed E-state index contributed by atoms with van der Waals surface area (Å²) < 4.78 is 45.2. The van der Waals surface area contributed by atoms with E-state index in [1.807, 2.05) is 6.92 Å². The topological polar surface area (TPSA) is 82.1 Å². The molecule has 3 unspecified atom stereocenters. The first kappa shape index (κ1) is 20.5. The molecule has 2 fully saturated rings. The SMILES string of the molecule is CCCCOC(=O)C1CC2CCCCC2N1S(=O)(=O)c1ccc2c(c1)OCCO2. The largest absolute Gasteiger partial charge is 0.486 e.